The number of halogens is 1. The van der Waals surface area contributed by atoms with Crippen LogP contribution in [0.25, 0.3) is 0 Å². The van der Waals surface area contributed by atoms with E-state index in [1.54, 1.807) is 14.2 Å². The lowest BCUT2D eigenvalue weighted by atomic mass is 9.88. The van der Waals surface area contributed by atoms with E-state index in [4.69, 9.17) is 25.8 Å². The number of hydrogen-bond donors (Lipinski definition) is 1. The van der Waals surface area contributed by atoms with E-state index in [1.165, 1.54) is 11.1 Å². The molecule has 1 unspecified atom stereocenters. The van der Waals surface area contributed by atoms with Crippen LogP contribution in [0.3, 0.4) is 0 Å². The number of hydrogen-bond acceptors (Lipinski definition) is 5. The van der Waals surface area contributed by atoms with Gasteiger partial charge in [-0.05, 0) is 61.3 Å². The zero-order valence-corrected chi connectivity index (χ0v) is 19.4. The highest BCUT2D eigenvalue weighted by molar-refractivity contribution is 6.32. The number of nitrogens with zero attached hydrogens (tertiary/aromatic N) is 1. The monoisotopic (exact) mass is 432 g/mol. The molecule has 0 aliphatic carbocycles. The molecule has 0 amide bonds. The topological polar surface area (TPSA) is 43.0 Å². The molecule has 0 saturated heterocycles. The zero-order valence-electron chi connectivity index (χ0n) is 18.7. The molecule has 0 radical (unpaired) electrons. The molecule has 1 aliphatic rings. The van der Waals surface area contributed by atoms with Crippen LogP contribution < -0.4 is 19.5 Å². The Labute approximate surface area is 185 Å². The second kappa shape index (κ2) is 10.4. The predicted octanol–water partition coefficient (Wildman–Crippen LogP) is 4.62. The average molecular weight is 433 g/mol. The van der Waals surface area contributed by atoms with Crippen LogP contribution in [0.2, 0.25) is 5.02 Å². The standard InChI is InChI=1S/C24H33ClN2O3/c1-6-27(7-2)10-11-30-22-15-18-17(14-21(22)28-4)8-9-26-23(18)19-12-16(3)13-20(25)24(19)29-5/h12-15,23,26H,6-11H2,1-5H3. The van der Waals surface area contributed by atoms with E-state index in [9.17, 15) is 0 Å². The van der Waals surface area contributed by atoms with E-state index in [2.05, 4.69) is 42.3 Å². The van der Waals surface area contributed by atoms with Crippen LogP contribution >= 0.6 is 11.6 Å². The van der Waals surface area contributed by atoms with Crippen molar-refractivity contribution in [1.82, 2.24) is 10.2 Å². The fourth-order valence-corrected chi connectivity index (χ4v) is 4.48. The van der Waals surface area contributed by atoms with Gasteiger partial charge < -0.3 is 24.4 Å². The molecular formula is C24H33ClN2O3. The van der Waals surface area contributed by atoms with E-state index >= 15 is 0 Å². The Hall–Kier alpha value is -1.95. The second-order valence-corrected chi connectivity index (χ2v) is 7.99. The molecular weight excluding hydrogens is 400 g/mol. The van der Waals surface area contributed by atoms with Gasteiger partial charge in [-0.15, -0.1) is 0 Å². The Morgan fingerprint density at radius 2 is 1.80 bits per heavy atom. The summed E-state index contributed by atoms with van der Waals surface area (Å²) in [4.78, 5) is 2.34. The van der Waals surface area contributed by atoms with Crippen LogP contribution in [0.4, 0.5) is 0 Å². The van der Waals surface area contributed by atoms with Gasteiger partial charge in [-0.3, -0.25) is 0 Å². The molecule has 1 aliphatic heterocycles. The zero-order chi connectivity index (χ0) is 21.7. The van der Waals surface area contributed by atoms with Crippen LogP contribution in [0.15, 0.2) is 24.3 Å². The summed E-state index contributed by atoms with van der Waals surface area (Å²) in [6.45, 7) is 10.8. The highest BCUT2D eigenvalue weighted by Gasteiger charge is 2.27. The lowest BCUT2D eigenvalue weighted by molar-refractivity contribution is 0.217. The summed E-state index contributed by atoms with van der Waals surface area (Å²) >= 11 is 6.48. The number of methoxy groups -OCH3 is 2. The van der Waals surface area contributed by atoms with Gasteiger partial charge in [-0.25, -0.2) is 0 Å². The van der Waals surface area contributed by atoms with Crippen LogP contribution in [0.5, 0.6) is 17.2 Å². The summed E-state index contributed by atoms with van der Waals surface area (Å²) < 4.78 is 17.5. The lowest BCUT2D eigenvalue weighted by Gasteiger charge is -2.30. The molecule has 30 heavy (non-hydrogen) atoms. The van der Waals surface area contributed by atoms with Crippen molar-refractivity contribution in [3.05, 3.63) is 51.5 Å². The van der Waals surface area contributed by atoms with Crippen molar-refractivity contribution in [2.24, 2.45) is 0 Å². The molecule has 3 rings (SSSR count). The highest BCUT2D eigenvalue weighted by atomic mass is 35.5. The van der Waals surface area contributed by atoms with Gasteiger partial charge in [0.05, 0.1) is 25.3 Å². The highest BCUT2D eigenvalue weighted by Crippen LogP contribution is 2.42. The molecule has 1 atom stereocenters. The average Bonchev–Trinajstić information content (AvgIpc) is 2.75. The van der Waals surface area contributed by atoms with E-state index in [0.717, 1.165) is 55.2 Å². The molecule has 0 saturated carbocycles. The van der Waals surface area contributed by atoms with Crippen molar-refractivity contribution in [2.45, 2.75) is 33.2 Å². The van der Waals surface area contributed by atoms with Crippen molar-refractivity contribution >= 4 is 11.6 Å². The molecule has 1 N–H and O–H groups in total. The Bertz CT molecular complexity index is 868. The first-order valence-corrected chi connectivity index (χ1v) is 11.0. The fourth-order valence-electron chi connectivity index (χ4n) is 4.12. The molecule has 6 heteroatoms. The third kappa shape index (κ3) is 4.85. The summed E-state index contributed by atoms with van der Waals surface area (Å²) in [6, 6.07) is 8.28. The van der Waals surface area contributed by atoms with Crippen molar-refractivity contribution in [2.75, 3.05) is 47.0 Å². The smallest absolute Gasteiger partial charge is 0.161 e. The number of nitrogens with one attached hydrogen (secondary N) is 1. The van der Waals surface area contributed by atoms with Crippen LogP contribution in [-0.2, 0) is 6.42 Å². The maximum absolute atomic E-state index is 6.48. The van der Waals surface area contributed by atoms with E-state index < -0.39 is 0 Å². The minimum Gasteiger partial charge on any atom is -0.495 e. The molecule has 0 spiro atoms. The minimum absolute atomic E-state index is 0.0165. The molecule has 2 aromatic carbocycles. The Morgan fingerprint density at radius 3 is 2.47 bits per heavy atom. The van der Waals surface area contributed by atoms with Gasteiger partial charge in [0, 0.05) is 18.7 Å². The van der Waals surface area contributed by atoms with Gasteiger partial charge in [-0.2, -0.15) is 0 Å². The van der Waals surface area contributed by atoms with Crippen LogP contribution in [0.1, 0.15) is 42.1 Å². The van der Waals surface area contributed by atoms with E-state index in [1.807, 2.05) is 13.0 Å². The predicted molar refractivity (Wildman–Crippen MR) is 123 cm³/mol. The summed E-state index contributed by atoms with van der Waals surface area (Å²) in [5, 5.41) is 4.27. The third-order valence-electron chi connectivity index (χ3n) is 5.77. The number of benzene rings is 2. The van der Waals surface area contributed by atoms with Gasteiger partial charge in [-0.1, -0.05) is 31.5 Å². The molecule has 1 heterocycles. The molecule has 5 nitrogen and oxygen atoms in total. The molecule has 0 bridgehead atoms. The number of likely N-dealkylation sites (N-methyl/N-ethyl adjacent to an activating group) is 1. The summed E-state index contributed by atoms with van der Waals surface area (Å²) in [7, 11) is 3.36. The SMILES string of the molecule is CCN(CC)CCOc1cc2c(cc1OC)CCNC2c1cc(C)cc(Cl)c1OC. The molecule has 2 aromatic rings. The lowest BCUT2D eigenvalue weighted by Crippen LogP contribution is -2.31. The maximum atomic E-state index is 6.48. The first kappa shape index (κ1) is 22.7. The quantitative estimate of drug-likeness (QED) is 0.626. The fraction of sp³-hybridized carbons (Fsp3) is 0.500. The number of ether oxygens (including phenoxy) is 3. The third-order valence-corrected chi connectivity index (χ3v) is 6.05. The minimum atomic E-state index is -0.0165. The van der Waals surface area contributed by atoms with E-state index in [0.29, 0.717) is 17.4 Å². The van der Waals surface area contributed by atoms with E-state index in [-0.39, 0.29) is 6.04 Å². The maximum Gasteiger partial charge on any atom is 0.161 e. The van der Waals surface area contributed by atoms with Crippen molar-refractivity contribution in [1.29, 1.82) is 0 Å². The largest absolute Gasteiger partial charge is 0.495 e. The van der Waals surface area contributed by atoms with Crippen molar-refractivity contribution < 1.29 is 14.2 Å². The Kier molecular flexibility index (Phi) is 7.87. The molecule has 164 valence electrons. The normalized spacial score (nSPS) is 15.8. The first-order chi connectivity index (χ1) is 14.5. The Balaban J connectivity index is 1.96. The van der Waals surface area contributed by atoms with Crippen molar-refractivity contribution in [3.63, 3.8) is 0 Å². The summed E-state index contributed by atoms with van der Waals surface area (Å²) in [5.74, 6) is 2.27. The molecule has 0 fully saturated rings. The van der Waals surface area contributed by atoms with Gasteiger partial charge >= 0.3 is 0 Å². The number of rotatable bonds is 9. The summed E-state index contributed by atoms with van der Waals surface area (Å²) in [5.41, 5.74) is 4.59. The van der Waals surface area contributed by atoms with Gasteiger partial charge in [0.2, 0.25) is 0 Å². The molecule has 0 aromatic heterocycles. The van der Waals surface area contributed by atoms with Gasteiger partial charge in [0.15, 0.2) is 11.5 Å². The number of fused-ring (bicyclic) bond motifs is 1. The first-order valence-electron chi connectivity index (χ1n) is 10.7. The number of aryl methyl sites for hydroxylation is 1. The Morgan fingerprint density at radius 1 is 1.03 bits per heavy atom. The van der Waals surface area contributed by atoms with Gasteiger partial charge in [0.1, 0.15) is 12.4 Å². The second-order valence-electron chi connectivity index (χ2n) is 7.58. The van der Waals surface area contributed by atoms with Gasteiger partial charge in [0.25, 0.3) is 0 Å². The van der Waals surface area contributed by atoms with Crippen molar-refractivity contribution in [3.8, 4) is 17.2 Å². The van der Waals surface area contributed by atoms with Crippen LogP contribution in [0, 0.1) is 6.92 Å². The summed E-state index contributed by atoms with van der Waals surface area (Å²) in [6.07, 6.45) is 0.934. The van der Waals surface area contributed by atoms with Crippen LogP contribution in [-0.4, -0.2) is 51.9 Å².